The number of thiophene rings is 1. The number of esters is 1. The lowest BCUT2D eigenvalue weighted by Gasteiger charge is -2.23. The number of sulfonamides is 1. The van der Waals surface area contributed by atoms with Crippen molar-refractivity contribution in [3.63, 3.8) is 0 Å². The Morgan fingerprint density at radius 1 is 1.16 bits per heavy atom. The van der Waals surface area contributed by atoms with E-state index in [1.807, 2.05) is 0 Å². The average molecular weight is 463 g/mol. The number of nitrogens with one attached hydrogen (secondary N) is 1. The van der Waals surface area contributed by atoms with Gasteiger partial charge >= 0.3 is 5.97 Å². The van der Waals surface area contributed by atoms with Gasteiger partial charge in [0, 0.05) is 11.4 Å². The molecule has 7 nitrogen and oxygen atoms in total. The average Bonchev–Trinajstić information content (AvgIpc) is 3.40. The summed E-state index contributed by atoms with van der Waals surface area (Å²) in [5.74, 6) is -0.835. The van der Waals surface area contributed by atoms with Crippen LogP contribution >= 0.6 is 11.3 Å². The molecule has 1 aromatic carbocycles. The van der Waals surface area contributed by atoms with E-state index in [-0.39, 0.29) is 11.5 Å². The number of benzene rings is 1. The summed E-state index contributed by atoms with van der Waals surface area (Å²) in [5, 5.41) is 3.35. The van der Waals surface area contributed by atoms with Crippen molar-refractivity contribution < 1.29 is 22.7 Å². The maximum Gasteiger partial charge on any atom is 0.341 e. The smallest absolute Gasteiger partial charge is 0.341 e. The molecule has 0 saturated carbocycles. The molecule has 1 unspecified atom stereocenters. The number of fused-ring (bicyclic) bond motifs is 1. The largest absolute Gasteiger partial charge is 0.462 e. The van der Waals surface area contributed by atoms with Crippen molar-refractivity contribution in [2.75, 3.05) is 18.5 Å². The Kier molecular flexibility index (Phi) is 6.45. The molecule has 2 heterocycles. The standard InChI is InChI=1S/C22H26N2O5S2/c1-2-29-22(26)19-16-11-6-7-13-18(16)30-21(19)23-20(25)17-12-8-14-24(17)31(27,28)15-9-4-3-5-10-15/h3-5,9-10,17H,2,6-8,11-14H2,1H3,(H,23,25). The molecule has 1 atom stereocenters. The number of nitrogens with zero attached hydrogens (tertiary/aromatic N) is 1. The molecule has 4 rings (SSSR count). The Morgan fingerprint density at radius 2 is 1.90 bits per heavy atom. The van der Waals surface area contributed by atoms with Gasteiger partial charge in [-0.05, 0) is 63.1 Å². The molecule has 2 aliphatic rings. The third-order valence-electron chi connectivity index (χ3n) is 5.74. The zero-order valence-electron chi connectivity index (χ0n) is 17.4. The summed E-state index contributed by atoms with van der Waals surface area (Å²) in [4.78, 5) is 27.1. The molecule has 0 bridgehead atoms. The van der Waals surface area contributed by atoms with Gasteiger partial charge in [-0.25, -0.2) is 13.2 Å². The Bertz CT molecular complexity index is 1080. The van der Waals surface area contributed by atoms with Crippen molar-refractivity contribution in [3.05, 3.63) is 46.3 Å². The number of ether oxygens (including phenoxy) is 1. The highest BCUT2D eigenvalue weighted by Crippen LogP contribution is 2.39. The summed E-state index contributed by atoms with van der Waals surface area (Å²) >= 11 is 1.41. The highest BCUT2D eigenvalue weighted by molar-refractivity contribution is 7.89. The summed E-state index contributed by atoms with van der Waals surface area (Å²) in [6.45, 7) is 2.30. The first-order chi connectivity index (χ1) is 14.9. The molecule has 166 valence electrons. The van der Waals surface area contributed by atoms with Crippen LogP contribution < -0.4 is 5.32 Å². The van der Waals surface area contributed by atoms with E-state index in [1.54, 1.807) is 25.1 Å². The minimum Gasteiger partial charge on any atom is -0.462 e. The van der Waals surface area contributed by atoms with E-state index in [4.69, 9.17) is 4.74 Å². The van der Waals surface area contributed by atoms with Gasteiger partial charge in [0.1, 0.15) is 11.0 Å². The second kappa shape index (κ2) is 9.10. The summed E-state index contributed by atoms with van der Waals surface area (Å²) in [7, 11) is -3.78. The highest BCUT2D eigenvalue weighted by Gasteiger charge is 2.40. The Morgan fingerprint density at radius 3 is 2.65 bits per heavy atom. The van der Waals surface area contributed by atoms with E-state index in [0.29, 0.717) is 30.0 Å². The molecule has 1 amide bonds. The van der Waals surface area contributed by atoms with Gasteiger partial charge in [-0.3, -0.25) is 4.79 Å². The van der Waals surface area contributed by atoms with Gasteiger partial charge in [0.2, 0.25) is 15.9 Å². The number of aryl methyl sites for hydroxylation is 1. The minimum absolute atomic E-state index is 0.175. The van der Waals surface area contributed by atoms with Gasteiger partial charge in [-0.2, -0.15) is 4.31 Å². The van der Waals surface area contributed by atoms with Crippen LogP contribution in [0.1, 0.15) is 53.4 Å². The Labute approximate surface area is 186 Å². The highest BCUT2D eigenvalue weighted by atomic mass is 32.2. The Balaban J connectivity index is 1.61. The van der Waals surface area contributed by atoms with E-state index in [1.165, 1.54) is 27.8 Å². The lowest BCUT2D eigenvalue weighted by molar-refractivity contribution is -0.119. The van der Waals surface area contributed by atoms with E-state index in [9.17, 15) is 18.0 Å². The van der Waals surface area contributed by atoms with Gasteiger partial charge < -0.3 is 10.1 Å². The van der Waals surface area contributed by atoms with Crippen LogP contribution in [-0.4, -0.2) is 43.8 Å². The number of hydrogen-bond acceptors (Lipinski definition) is 6. The fourth-order valence-corrected chi connectivity index (χ4v) is 7.24. The zero-order valence-corrected chi connectivity index (χ0v) is 19.1. The monoisotopic (exact) mass is 462 g/mol. The van der Waals surface area contributed by atoms with Crippen LogP contribution in [0.5, 0.6) is 0 Å². The van der Waals surface area contributed by atoms with E-state index >= 15 is 0 Å². The second-order valence-electron chi connectivity index (χ2n) is 7.71. The Hall–Kier alpha value is -2.23. The van der Waals surface area contributed by atoms with Crippen molar-refractivity contribution in [1.29, 1.82) is 0 Å². The summed E-state index contributed by atoms with van der Waals surface area (Å²) in [5.41, 5.74) is 1.40. The molecule has 0 radical (unpaired) electrons. The van der Waals surface area contributed by atoms with E-state index in [2.05, 4.69) is 5.32 Å². The van der Waals surface area contributed by atoms with Gasteiger partial charge in [0.25, 0.3) is 0 Å². The maximum atomic E-state index is 13.2. The van der Waals surface area contributed by atoms with Gasteiger partial charge in [-0.15, -0.1) is 11.3 Å². The molecule has 2 aromatic rings. The third-order valence-corrected chi connectivity index (χ3v) is 8.87. The molecule has 1 aliphatic carbocycles. The van der Waals surface area contributed by atoms with Crippen molar-refractivity contribution >= 4 is 38.2 Å². The predicted molar refractivity (Wildman–Crippen MR) is 119 cm³/mol. The molecule has 31 heavy (non-hydrogen) atoms. The fourth-order valence-electron chi connectivity index (χ4n) is 4.29. The topological polar surface area (TPSA) is 92.8 Å². The normalized spacial score (nSPS) is 19.1. The summed E-state index contributed by atoms with van der Waals surface area (Å²) in [6, 6.07) is 7.35. The van der Waals surface area contributed by atoms with Crippen molar-refractivity contribution in [2.45, 2.75) is 56.4 Å². The van der Waals surface area contributed by atoms with E-state index in [0.717, 1.165) is 36.1 Å². The number of carbonyl (C=O) groups excluding carboxylic acids is 2. The quantitative estimate of drug-likeness (QED) is 0.662. The lowest BCUT2D eigenvalue weighted by atomic mass is 9.95. The number of amides is 1. The van der Waals surface area contributed by atoms with Crippen LogP contribution in [-0.2, 0) is 32.4 Å². The molecule has 0 spiro atoms. The number of carbonyl (C=O) groups is 2. The minimum atomic E-state index is -3.78. The molecule has 1 fully saturated rings. The summed E-state index contributed by atoms with van der Waals surface area (Å²) < 4.78 is 32.7. The molecule has 1 aromatic heterocycles. The first-order valence-electron chi connectivity index (χ1n) is 10.6. The first kappa shape index (κ1) is 22.0. The van der Waals surface area contributed by atoms with Crippen LogP contribution in [0.25, 0.3) is 0 Å². The molecule has 1 saturated heterocycles. The van der Waals surface area contributed by atoms with Crippen molar-refractivity contribution in [3.8, 4) is 0 Å². The van der Waals surface area contributed by atoms with Crippen LogP contribution in [0.3, 0.4) is 0 Å². The maximum absolute atomic E-state index is 13.2. The molecular weight excluding hydrogens is 436 g/mol. The second-order valence-corrected chi connectivity index (χ2v) is 10.7. The number of hydrogen-bond donors (Lipinski definition) is 1. The van der Waals surface area contributed by atoms with Gasteiger partial charge in [-0.1, -0.05) is 18.2 Å². The van der Waals surface area contributed by atoms with E-state index < -0.39 is 27.9 Å². The van der Waals surface area contributed by atoms with Crippen LogP contribution in [0.2, 0.25) is 0 Å². The SMILES string of the molecule is CCOC(=O)c1c(NC(=O)C2CCCN2S(=O)(=O)c2ccccc2)sc2c1CCCC2. The molecule has 1 aliphatic heterocycles. The van der Waals surface area contributed by atoms with Crippen molar-refractivity contribution in [1.82, 2.24) is 4.31 Å². The third kappa shape index (κ3) is 4.26. The van der Waals surface area contributed by atoms with Crippen LogP contribution in [0.15, 0.2) is 35.2 Å². The molecule has 1 N–H and O–H groups in total. The van der Waals surface area contributed by atoms with Gasteiger partial charge in [0.05, 0.1) is 17.1 Å². The predicted octanol–water partition coefficient (Wildman–Crippen LogP) is 3.60. The molecular formula is C22H26N2O5S2. The fraction of sp³-hybridized carbons (Fsp3) is 0.455. The van der Waals surface area contributed by atoms with Crippen molar-refractivity contribution in [2.24, 2.45) is 0 Å². The van der Waals surface area contributed by atoms with Crippen LogP contribution in [0, 0.1) is 0 Å². The molecule has 9 heteroatoms. The lowest BCUT2D eigenvalue weighted by Crippen LogP contribution is -2.43. The number of anilines is 1. The van der Waals surface area contributed by atoms with Gasteiger partial charge in [0.15, 0.2) is 0 Å². The zero-order chi connectivity index (χ0) is 22.0. The summed E-state index contributed by atoms with van der Waals surface area (Å²) in [6.07, 6.45) is 4.76. The first-order valence-corrected chi connectivity index (χ1v) is 12.9. The van der Waals surface area contributed by atoms with Crippen LogP contribution in [0.4, 0.5) is 5.00 Å². The number of rotatable bonds is 6.